The molecule has 1 amide bonds. The van der Waals surface area contributed by atoms with Crippen molar-refractivity contribution in [2.75, 3.05) is 19.8 Å². The second kappa shape index (κ2) is 9.47. The fourth-order valence-corrected chi connectivity index (χ4v) is 4.29. The number of carbonyl (C=O) groups excluding carboxylic acids is 1. The van der Waals surface area contributed by atoms with Crippen molar-refractivity contribution >= 4 is 29.3 Å². The first-order chi connectivity index (χ1) is 13.0. The molecule has 0 atom stereocenters. The van der Waals surface area contributed by atoms with Crippen LogP contribution in [0.15, 0.2) is 47.3 Å². The van der Waals surface area contributed by atoms with E-state index in [0.29, 0.717) is 5.75 Å². The zero-order valence-electron chi connectivity index (χ0n) is 15.9. The molecule has 0 bridgehead atoms. The van der Waals surface area contributed by atoms with Gasteiger partial charge in [-0.15, -0.1) is 0 Å². The maximum atomic E-state index is 12.0. The van der Waals surface area contributed by atoms with Crippen LogP contribution in [0, 0.1) is 0 Å². The molecule has 0 unspecified atom stereocenters. The summed E-state index contributed by atoms with van der Waals surface area (Å²) in [5.74, 6) is 0.491. The molecule has 1 aromatic carbocycles. The lowest BCUT2D eigenvalue weighted by Crippen LogP contribution is -2.23. The number of hydrogen-bond acceptors (Lipinski definition) is 3. The summed E-state index contributed by atoms with van der Waals surface area (Å²) in [6.45, 7) is 0.877. The number of hydrogen-bond donors (Lipinski definition) is 0. The van der Waals surface area contributed by atoms with Gasteiger partial charge in [-0.05, 0) is 49.8 Å². The predicted octanol–water partition coefficient (Wildman–Crippen LogP) is 5.27. The molecule has 0 fully saturated rings. The highest BCUT2D eigenvalue weighted by atomic mass is 35.5. The number of thioether (sulfide) groups is 1. The van der Waals surface area contributed by atoms with E-state index in [1.54, 1.807) is 19.0 Å². The third-order valence-corrected chi connectivity index (χ3v) is 6.05. The highest BCUT2D eigenvalue weighted by Crippen LogP contribution is 2.29. The zero-order chi connectivity index (χ0) is 19.2. The molecule has 0 radical (unpaired) electrons. The van der Waals surface area contributed by atoms with Gasteiger partial charge in [0.25, 0.3) is 0 Å². The minimum absolute atomic E-state index is 0.0950. The molecular formula is C21H26ClN3OS. The Kier molecular flexibility index (Phi) is 7.02. The molecule has 6 heteroatoms. The van der Waals surface area contributed by atoms with Crippen LogP contribution in [0.5, 0.6) is 0 Å². The van der Waals surface area contributed by atoms with Crippen LogP contribution in [0.25, 0.3) is 11.3 Å². The van der Waals surface area contributed by atoms with Gasteiger partial charge in [0.1, 0.15) is 0 Å². The number of nitrogens with zero attached hydrogens (tertiary/aromatic N) is 3. The van der Waals surface area contributed by atoms with Crippen LogP contribution in [0.4, 0.5) is 0 Å². The predicted molar refractivity (Wildman–Crippen MR) is 113 cm³/mol. The first kappa shape index (κ1) is 20.0. The van der Waals surface area contributed by atoms with Crippen LogP contribution in [0.3, 0.4) is 0 Å². The Hall–Kier alpha value is -1.72. The van der Waals surface area contributed by atoms with Gasteiger partial charge in [-0.3, -0.25) is 4.79 Å². The number of aromatic nitrogens is 2. The summed E-state index contributed by atoms with van der Waals surface area (Å²) >= 11 is 7.55. The standard InChI is InChI=1S/C21H26ClN3OS/c1-24(2)20(26)15-27-21-23-14-19(17-8-10-18(22)11-9-17)25(21)13-12-16-6-4-3-5-7-16/h6,8-11,14H,3-5,7,12-13,15H2,1-2H3. The lowest BCUT2D eigenvalue weighted by atomic mass is 9.97. The van der Waals surface area contributed by atoms with Crippen molar-refractivity contribution in [1.82, 2.24) is 14.5 Å². The Bertz CT molecular complexity index is 811. The normalized spacial score (nSPS) is 14.1. The Balaban J connectivity index is 1.82. The minimum Gasteiger partial charge on any atom is -0.348 e. The Morgan fingerprint density at radius 3 is 2.70 bits per heavy atom. The van der Waals surface area contributed by atoms with E-state index in [0.717, 1.165) is 34.4 Å². The first-order valence-electron chi connectivity index (χ1n) is 9.37. The largest absolute Gasteiger partial charge is 0.348 e. The van der Waals surface area contributed by atoms with Crippen molar-refractivity contribution in [3.05, 3.63) is 47.1 Å². The molecule has 0 saturated carbocycles. The Morgan fingerprint density at radius 1 is 1.26 bits per heavy atom. The van der Waals surface area contributed by atoms with Crippen LogP contribution in [0.1, 0.15) is 32.1 Å². The summed E-state index contributed by atoms with van der Waals surface area (Å²) in [7, 11) is 3.56. The highest BCUT2D eigenvalue weighted by Gasteiger charge is 2.15. The average Bonchev–Trinajstić information content (AvgIpc) is 3.08. The number of halogens is 1. The molecule has 0 spiro atoms. The van der Waals surface area contributed by atoms with Gasteiger partial charge in [0.2, 0.25) is 5.91 Å². The van der Waals surface area contributed by atoms with E-state index in [1.165, 1.54) is 43.0 Å². The van der Waals surface area contributed by atoms with Crippen LogP contribution in [0.2, 0.25) is 5.02 Å². The van der Waals surface area contributed by atoms with Crippen LogP contribution < -0.4 is 0 Å². The second-order valence-corrected chi connectivity index (χ2v) is 8.40. The number of rotatable bonds is 7. The zero-order valence-corrected chi connectivity index (χ0v) is 17.5. The molecule has 2 aromatic rings. The monoisotopic (exact) mass is 403 g/mol. The first-order valence-corrected chi connectivity index (χ1v) is 10.7. The van der Waals surface area contributed by atoms with Crippen molar-refractivity contribution < 1.29 is 4.79 Å². The highest BCUT2D eigenvalue weighted by molar-refractivity contribution is 7.99. The van der Waals surface area contributed by atoms with E-state index in [1.807, 2.05) is 30.5 Å². The van der Waals surface area contributed by atoms with E-state index in [2.05, 4.69) is 15.6 Å². The third kappa shape index (κ3) is 5.39. The second-order valence-electron chi connectivity index (χ2n) is 7.02. The summed E-state index contributed by atoms with van der Waals surface area (Å²) in [5.41, 5.74) is 3.70. The maximum Gasteiger partial charge on any atom is 0.232 e. The van der Waals surface area contributed by atoms with Crippen LogP contribution in [-0.4, -0.2) is 40.2 Å². The summed E-state index contributed by atoms with van der Waals surface area (Å²) in [6, 6.07) is 7.85. The summed E-state index contributed by atoms with van der Waals surface area (Å²) in [4.78, 5) is 18.2. The fraction of sp³-hybridized carbons (Fsp3) is 0.429. The molecule has 0 saturated heterocycles. The van der Waals surface area contributed by atoms with E-state index >= 15 is 0 Å². The Labute approximate surface area is 170 Å². The van der Waals surface area contributed by atoms with E-state index in [9.17, 15) is 4.79 Å². The number of amides is 1. The topological polar surface area (TPSA) is 38.1 Å². The molecule has 1 aromatic heterocycles. The summed E-state index contributed by atoms with van der Waals surface area (Å²) in [6.07, 6.45) is 10.3. The van der Waals surface area contributed by atoms with Crippen molar-refractivity contribution in [2.45, 2.75) is 43.8 Å². The van der Waals surface area contributed by atoms with E-state index < -0.39 is 0 Å². The fourth-order valence-electron chi connectivity index (χ4n) is 3.18. The van der Waals surface area contributed by atoms with E-state index in [-0.39, 0.29) is 5.91 Å². The number of allylic oxidation sites excluding steroid dienone is 2. The van der Waals surface area contributed by atoms with Crippen molar-refractivity contribution in [3.63, 3.8) is 0 Å². The van der Waals surface area contributed by atoms with Crippen molar-refractivity contribution in [3.8, 4) is 11.3 Å². The molecule has 144 valence electrons. The number of imidazole rings is 1. The summed E-state index contributed by atoms with van der Waals surface area (Å²) in [5, 5.41) is 1.62. The van der Waals surface area contributed by atoms with Gasteiger partial charge in [-0.2, -0.15) is 0 Å². The SMILES string of the molecule is CN(C)C(=O)CSc1ncc(-c2ccc(Cl)cc2)n1CCC1=CCCCC1. The van der Waals surface area contributed by atoms with E-state index in [4.69, 9.17) is 11.6 Å². The van der Waals surface area contributed by atoms with Gasteiger partial charge in [0.15, 0.2) is 5.16 Å². The van der Waals surface area contributed by atoms with Crippen molar-refractivity contribution in [1.29, 1.82) is 0 Å². The average molecular weight is 404 g/mol. The van der Waals surface area contributed by atoms with Gasteiger partial charge in [-0.25, -0.2) is 4.98 Å². The molecule has 1 heterocycles. The molecule has 1 aliphatic rings. The molecular weight excluding hydrogens is 378 g/mol. The van der Waals surface area contributed by atoms with Gasteiger partial charge < -0.3 is 9.47 Å². The van der Waals surface area contributed by atoms with Crippen molar-refractivity contribution in [2.24, 2.45) is 0 Å². The van der Waals surface area contributed by atoms with Gasteiger partial charge in [0.05, 0.1) is 17.6 Å². The lowest BCUT2D eigenvalue weighted by Gasteiger charge is -2.16. The number of benzene rings is 1. The summed E-state index contributed by atoms with van der Waals surface area (Å²) < 4.78 is 2.24. The molecule has 0 N–H and O–H groups in total. The maximum absolute atomic E-state index is 12.0. The van der Waals surface area contributed by atoms with Crippen LogP contribution in [-0.2, 0) is 11.3 Å². The van der Waals surface area contributed by atoms with Crippen LogP contribution >= 0.6 is 23.4 Å². The molecule has 4 nitrogen and oxygen atoms in total. The van der Waals surface area contributed by atoms with Gasteiger partial charge in [-0.1, -0.05) is 47.1 Å². The lowest BCUT2D eigenvalue weighted by molar-refractivity contribution is -0.125. The molecule has 27 heavy (non-hydrogen) atoms. The number of carbonyl (C=O) groups is 1. The minimum atomic E-state index is 0.0950. The smallest absolute Gasteiger partial charge is 0.232 e. The van der Waals surface area contributed by atoms with Gasteiger partial charge in [0, 0.05) is 25.7 Å². The molecule has 3 rings (SSSR count). The third-order valence-electron chi connectivity index (χ3n) is 4.82. The van der Waals surface area contributed by atoms with Gasteiger partial charge >= 0.3 is 0 Å². The molecule has 0 aliphatic heterocycles. The Morgan fingerprint density at radius 2 is 2.04 bits per heavy atom. The quantitative estimate of drug-likeness (QED) is 0.466. The molecule has 1 aliphatic carbocycles.